The van der Waals surface area contributed by atoms with Crippen LogP contribution in [0.4, 0.5) is 4.39 Å². The SMILES string of the molecule is CNCc1ccc(-c2cc(-c3nc(-c4ccc(S(=O)C5CCOC5)cc4)cnc3C)on2)c(F)c1.O.[HH]. The van der Waals surface area contributed by atoms with Crippen molar-refractivity contribution in [2.75, 3.05) is 20.3 Å². The third-order valence-corrected chi connectivity index (χ3v) is 7.68. The number of benzene rings is 2. The lowest BCUT2D eigenvalue weighted by atomic mass is 10.1. The average molecular weight is 513 g/mol. The maximum Gasteiger partial charge on any atom is 0.187 e. The van der Waals surface area contributed by atoms with Gasteiger partial charge in [-0.1, -0.05) is 23.4 Å². The van der Waals surface area contributed by atoms with Gasteiger partial charge in [0, 0.05) is 36.7 Å². The number of hydrogen-bond donors (Lipinski definition) is 1. The maximum atomic E-state index is 14.7. The van der Waals surface area contributed by atoms with E-state index in [1.54, 1.807) is 18.3 Å². The minimum atomic E-state index is -1.10. The Kier molecular flexibility index (Phi) is 8.00. The summed E-state index contributed by atoms with van der Waals surface area (Å²) in [6.07, 6.45) is 2.50. The van der Waals surface area contributed by atoms with Gasteiger partial charge >= 0.3 is 0 Å². The summed E-state index contributed by atoms with van der Waals surface area (Å²) in [7, 11) is 0.714. The second-order valence-electron chi connectivity index (χ2n) is 8.42. The van der Waals surface area contributed by atoms with Crippen molar-refractivity contribution < 1.29 is 24.8 Å². The fourth-order valence-corrected chi connectivity index (χ4v) is 5.37. The van der Waals surface area contributed by atoms with Gasteiger partial charge in [-0.25, -0.2) is 9.37 Å². The number of nitrogens with zero attached hydrogens (tertiary/aromatic N) is 3. The number of ether oxygens (including phenoxy) is 1. The lowest BCUT2D eigenvalue weighted by molar-refractivity contribution is 0.199. The Labute approximate surface area is 212 Å². The molecule has 5 rings (SSSR count). The molecule has 2 unspecified atom stereocenters. The molecule has 1 saturated heterocycles. The topological polar surface area (TPSA) is 122 Å². The third kappa shape index (κ3) is 5.26. The summed E-state index contributed by atoms with van der Waals surface area (Å²) in [6.45, 7) is 3.60. The van der Waals surface area contributed by atoms with E-state index in [0.717, 1.165) is 22.4 Å². The summed E-state index contributed by atoms with van der Waals surface area (Å²) < 4.78 is 38.3. The second-order valence-corrected chi connectivity index (χ2v) is 10.2. The van der Waals surface area contributed by atoms with E-state index in [1.807, 2.05) is 44.3 Å². The van der Waals surface area contributed by atoms with Crippen molar-refractivity contribution in [2.45, 2.75) is 30.0 Å². The zero-order valence-corrected chi connectivity index (χ0v) is 20.8. The van der Waals surface area contributed by atoms with Crippen molar-refractivity contribution in [1.29, 1.82) is 0 Å². The Hall–Kier alpha value is -3.31. The highest BCUT2D eigenvalue weighted by atomic mass is 32.2. The van der Waals surface area contributed by atoms with Crippen molar-refractivity contribution in [2.24, 2.45) is 0 Å². The van der Waals surface area contributed by atoms with Gasteiger partial charge in [-0.2, -0.15) is 0 Å². The van der Waals surface area contributed by atoms with Crippen LogP contribution >= 0.6 is 0 Å². The van der Waals surface area contributed by atoms with Crippen LogP contribution < -0.4 is 5.32 Å². The third-order valence-electron chi connectivity index (χ3n) is 5.96. The van der Waals surface area contributed by atoms with Gasteiger partial charge in [0.05, 0.1) is 40.2 Å². The van der Waals surface area contributed by atoms with Crippen LogP contribution in [-0.4, -0.2) is 50.3 Å². The molecule has 0 aliphatic carbocycles. The minimum absolute atomic E-state index is 0. The van der Waals surface area contributed by atoms with Crippen molar-refractivity contribution in [3.63, 3.8) is 0 Å². The zero-order valence-electron chi connectivity index (χ0n) is 20.0. The summed E-state index contributed by atoms with van der Waals surface area (Å²) in [4.78, 5) is 9.99. The zero-order chi connectivity index (χ0) is 24.4. The van der Waals surface area contributed by atoms with E-state index in [4.69, 9.17) is 14.2 Å². The van der Waals surface area contributed by atoms with Gasteiger partial charge in [0.1, 0.15) is 17.2 Å². The molecule has 1 aliphatic heterocycles. The number of hydrogen-bond acceptors (Lipinski definition) is 7. The largest absolute Gasteiger partial charge is 0.412 e. The lowest BCUT2D eigenvalue weighted by Crippen LogP contribution is -2.14. The summed E-state index contributed by atoms with van der Waals surface area (Å²) in [6, 6.07) is 14.2. The van der Waals surface area contributed by atoms with E-state index < -0.39 is 10.8 Å². The number of nitrogens with one attached hydrogen (secondary N) is 1. The van der Waals surface area contributed by atoms with Gasteiger partial charge < -0.3 is 20.1 Å². The summed E-state index contributed by atoms with van der Waals surface area (Å²) in [5.41, 5.74) is 4.28. The van der Waals surface area contributed by atoms with Crippen LogP contribution in [0.25, 0.3) is 34.0 Å². The fourth-order valence-electron chi connectivity index (χ4n) is 4.05. The summed E-state index contributed by atoms with van der Waals surface area (Å²) >= 11 is 0. The lowest BCUT2D eigenvalue weighted by Gasteiger charge is -2.09. The van der Waals surface area contributed by atoms with E-state index in [-0.39, 0.29) is 18.0 Å². The number of aryl methyl sites for hydroxylation is 1. The first kappa shape index (κ1) is 25.8. The van der Waals surface area contributed by atoms with Crippen LogP contribution in [0.1, 0.15) is 19.1 Å². The first-order valence-corrected chi connectivity index (χ1v) is 12.6. The summed E-state index contributed by atoms with van der Waals surface area (Å²) in [5.74, 6) is 0.0420. The molecule has 0 bridgehead atoms. The molecule has 4 aromatic rings. The Bertz CT molecular complexity index is 1380. The molecule has 10 heteroatoms. The van der Waals surface area contributed by atoms with Crippen molar-refractivity contribution in [1.82, 2.24) is 20.4 Å². The van der Waals surface area contributed by atoms with E-state index in [2.05, 4.69) is 15.5 Å². The highest BCUT2D eigenvalue weighted by Crippen LogP contribution is 2.30. The molecule has 36 heavy (non-hydrogen) atoms. The maximum absolute atomic E-state index is 14.7. The van der Waals surface area contributed by atoms with E-state index >= 15 is 0 Å². The molecule has 190 valence electrons. The second kappa shape index (κ2) is 11.2. The molecule has 0 spiro atoms. The van der Waals surface area contributed by atoms with Crippen molar-refractivity contribution >= 4 is 10.8 Å². The number of rotatable bonds is 7. The van der Waals surface area contributed by atoms with Gasteiger partial charge in [-0.05, 0) is 50.2 Å². The van der Waals surface area contributed by atoms with Gasteiger partial charge in [0.25, 0.3) is 0 Å². The summed E-state index contributed by atoms with van der Waals surface area (Å²) in [5, 5.41) is 7.11. The van der Waals surface area contributed by atoms with E-state index in [9.17, 15) is 8.60 Å². The molecule has 0 radical (unpaired) electrons. The molecule has 1 fully saturated rings. The molecule has 8 nitrogen and oxygen atoms in total. The molecule has 2 atom stereocenters. The molecular weight excluding hydrogens is 483 g/mol. The predicted molar refractivity (Wildman–Crippen MR) is 137 cm³/mol. The molecule has 2 aromatic carbocycles. The quantitative estimate of drug-likeness (QED) is 0.398. The average Bonchev–Trinajstić information content (AvgIpc) is 3.57. The monoisotopic (exact) mass is 512 g/mol. The van der Waals surface area contributed by atoms with Gasteiger partial charge in [-0.3, -0.25) is 9.19 Å². The Balaban J connectivity index is 0.00000190. The number of halogens is 1. The molecule has 0 amide bonds. The smallest absolute Gasteiger partial charge is 0.187 e. The van der Waals surface area contributed by atoms with Crippen molar-refractivity contribution in [3.05, 3.63) is 71.8 Å². The van der Waals surface area contributed by atoms with Crippen LogP contribution in [0.3, 0.4) is 0 Å². The van der Waals surface area contributed by atoms with E-state index in [0.29, 0.717) is 53.9 Å². The van der Waals surface area contributed by atoms with Gasteiger partial charge in [0.2, 0.25) is 0 Å². The highest BCUT2D eigenvalue weighted by molar-refractivity contribution is 7.85. The van der Waals surface area contributed by atoms with Crippen LogP contribution in [0.5, 0.6) is 0 Å². The molecule has 1 aliphatic rings. The fraction of sp³-hybridized carbons (Fsp3) is 0.269. The molecular formula is C26H29FN4O4S. The standard InChI is InChI=1S/C26H25FN4O3S.H2O.H2/c1-16-26(25-12-23(31-34-25)21-8-3-17(13-28-2)11-22(21)27)30-24(14-29-16)18-4-6-19(7-5-18)35(32)20-9-10-33-15-20;;/h3-8,11-12,14,20,28H,9-10,13,15H2,1-2H3;1H2;1H. The molecule has 2 aromatic heterocycles. The molecule has 0 saturated carbocycles. The van der Waals surface area contributed by atoms with Crippen LogP contribution in [0.15, 0.2) is 64.1 Å². The van der Waals surface area contributed by atoms with Crippen molar-refractivity contribution in [3.8, 4) is 34.0 Å². The minimum Gasteiger partial charge on any atom is -0.412 e. The normalized spacial score (nSPS) is 16.0. The first-order chi connectivity index (χ1) is 17.0. The highest BCUT2D eigenvalue weighted by Gasteiger charge is 2.23. The molecule has 3 N–H and O–H groups in total. The Morgan fingerprint density at radius 2 is 1.97 bits per heavy atom. The first-order valence-electron chi connectivity index (χ1n) is 11.4. The predicted octanol–water partition coefficient (Wildman–Crippen LogP) is 3.95. The van der Waals surface area contributed by atoms with Crippen LogP contribution in [0.2, 0.25) is 0 Å². The van der Waals surface area contributed by atoms with Crippen LogP contribution in [-0.2, 0) is 22.1 Å². The number of aromatic nitrogens is 3. The van der Waals surface area contributed by atoms with Crippen LogP contribution in [0, 0.1) is 12.7 Å². The van der Waals surface area contributed by atoms with Gasteiger partial charge in [0.15, 0.2) is 5.76 Å². The Morgan fingerprint density at radius 1 is 1.17 bits per heavy atom. The molecule has 3 heterocycles. The van der Waals surface area contributed by atoms with E-state index in [1.165, 1.54) is 6.07 Å². The Morgan fingerprint density at radius 3 is 2.67 bits per heavy atom. The van der Waals surface area contributed by atoms with Gasteiger partial charge in [-0.15, -0.1) is 0 Å².